The first-order chi connectivity index (χ1) is 53.9. The van der Waals surface area contributed by atoms with Crippen LogP contribution in [-0.4, -0.2) is 180 Å². The summed E-state index contributed by atoms with van der Waals surface area (Å²) in [5.74, 6) is -11.0. The second-order valence-electron chi connectivity index (χ2n) is 26.7. The summed E-state index contributed by atoms with van der Waals surface area (Å²) >= 11 is 0. The molecule has 4 aromatic carbocycles. The highest BCUT2D eigenvalue weighted by molar-refractivity contribution is 5.97. The van der Waals surface area contributed by atoms with Crippen LogP contribution in [0, 0.1) is 45.4 Å². The van der Waals surface area contributed by atoms with Crippen LogP contribution in [0.15, 0.2) is 121 Å². The van der Waals surface area contributed by atoms with E-state index in [0.717, 1.165) is 32.9 Å². The minimum atomic E-state index is -1.31. The molecule has 4 atom stereocenters. The number of hydrogen-bond donors (Lipinski definition) is 13. The monoisotopic (exact) mass is 1580 g/mol. The number of nitrogens with two attached hydrogens (primary N) is 3. The highest BCUT2D eigenvalue weighted by Gasteiger charge is 2.29. The van der Waals surface area contributed by atoms with Crippen molar-refractivity contribution in [2.75, 3.05) is 66.1 Å². The molecular weight excluding hydrogens is 1450 g/mol. The highest BCUT2D eigenvalue weighted by atomic mass is 16.3. The molecule has 0 bridgehead atoms. The molecule has 7 amide bonds. The molecule has 16 N–H and O–H groups in total. The Hall–Kier alpha value is -10.1. The van der Waals surface area contributed by atoms with Gasteiger partial charge in [0.2, 0.25) is 41.4 Å². The molecule has 0 saturated carbocycles. The number of H-pyrrole nitrogens is 1. The topological polar surface area (TPSA) is 483 Å². The van der Waals surface area contributed by atoms with E-state index in [9.17, 15) is 82.1 Å². The summed E-state index contributed by atoms with van der Waals surface area (Å²) in [6, 6.07) is 38.0. The number of carbonyl (C=O) groups is 15. The molecule has 5 rings (SSSR count). The highest BCUT2D eigenvalue weighted by Crippen LogP contribution is 2.17. The summed E-state index contributed by atoms with van der Waals surface area (Å²) in [6.45, 7) is 14.0. The second-order valence-corrected chi connectivity index (χ2v) is 26.7. The number of aliphatic hydroxyl groups is 3. The first-order valence-corrected chi connectivity index (χ1v) is 38.6. The van der Waals surface area contributed by atoms with E-state index in [-0.39, 0.29) is 101 Å². The summed E-state index contributed by atoms with van der Waals surface area (Å²) in [6.07, 6.45) is 7.20. The van der Waals surface area contributed by atoms with Crippen molar-refractivity contribution in [2.45, 2.75) is 203 Å². The number of Topliss-reactive ketones (excluding diaryl/α,β-unsaturated/α-hetero) is 8. The van der Waals surface area contributed by atoms with Gasteiger partial charge in [-0.1, -0.05) is 192 Å². The van der Waals surface area contributed by atoms with E-state index < -0.39 is 140 Å². The van der Waals surface area contributed by atoms with Gasteiger partial charge < -0.3 is 69.4 Å². The third kappa shape index (κ3) is 61.2. The van der Waals surface area contributed by atoms with Gasteiger partial charge >= 0.3 is 0 Å². The molecule has 1 heterocycles. The van der Waals surface area contributed by atoms with Crippen molar-refractivity contribution in [1.82, 2.24) is 36.9 Å². The van der Waals surface area contributed by atoms with Gasteiger partial charge in [0.25, 0.3) is 0 Å². The summed E-state index contributed by atoms with van der Waals surface area (Å²) in [7, 11) is 1.00. The number of primary amides is 1. The number of fused-ring (bicyclic) bond motifs is 1. The van der Waals surface area contributed by atoms with E-state index >= 15 is 0 Å². The lowest BCUT2D eigenvalue weighted by Gasteiger charge is -2.21. The summed E-state index contributed by atoms with van der Waals surface area (Å²) < 4.78 is 0. The van der Waals surface area contributed by atoms with Crippen molar-refractivity contribution >= 4 is 98.5 Å². The Morgan fingerprint density at radius 1 is 0.407 bits per heavy atom. The third-order valence-corrected chi connectivity index (χ3v) is 16.4. The fraction of sp³-hybridized carbons (Fsp3) is 0.518. The number of hydrogen-bond acceptors (Lipinski definition) is 20. The van der Waals surface area contributed by atoms with Crippen LogP contribution in [0.2, 0.25) is 0 Å². The van der Waals surface area contributed by atoms with Crippen LogP contribution in [0.4, 0.5) is 0 Å². The van der Waals surface area contributed by atoms with E-state index in [0.29, 0.717) is 19.3 Å². The average Bonchev–Trinajstić information content (AvgIpc) is 1.75. The fourth-order valence-electron chi connectivity index (χ4n) is 9.75. The normalized spacial score (nSPS) is 11.0. The molecule has 628 valence electrons. The van der Waals surface area contributed by atoms with E-state index in [1.54, 1.807) is 0 Å². The van der Waals surface area contributed by atoms with Gasteiger partial charge in [0, 0.05) is 108 Å². The molecule has 0 aliphatic rings. The third-order valence-electron chi connectivity index (χ3n) is 16.4. The summed E-state index contributed by atoms with van der Waals surface area (Å²) in [4.78, 5) is 185. The minimum Gasteiger partial charge on any atom is -0.400 e. The number of nitrogens with one attached hydrogen (secondary N) is 7. The number of aromatic nitrogens is 1. The Labute approximate surface area is 667 Å². The predicted octanol–water partition coefficient (Wildman–Crippen LogP) is 7.18. The molecule has 28 nitrogen and oxygen atoms in total. The van der Waals surface area contributed by atoms with Crippen LogP contribution in [0.3, 0.4) is 0 Å². The minimum absolute atomic E-state index is 0.0512. The van der Waals surface area contributed by atoms with Gasteiger partial charge in [-0.2, -0.15) is 0 Å². The standard InChI is InChI=1S/C47H75N7O16.C9H9N.3C7H8.C5H13N.C2H5NO.CH4O/c1-4-6-8-10-40(41(64)21-33(29-56)47(70)53-27-39(63)20-32(28-55)46(69)52-26-38(62)19-31(30(3)57)9-7-5-2)54-45(68)18-14-37(61)25-51-44(67)17-13-36(60)24-50-43(66)16-12-35(59)23-49-42(65)15-11-34(58)22-48;1-7-6-10-9-5-3-2-4-8(7)9;3*1-7-5-3-2-4-6-7;1-2-3-4-5-6;1-2(3)4;1-2/h31-33,40,55-56H,4-29,48H2,1-3H3,(H,49,65)(H,50,66)(H,51,67)(H,52,69)(H,53,70)(H,54,68);2-6,10H,1H3;3*2-6H,1H3;2-6H2,1H3;1H3,(H2,3,4);2H,1H3. The Kier molecular flexibility index (Phi) is 66.1. The van der Waals surface area contributed by atoms with Gasteiger partial charge in [-0.3, -0.25) is 71.9 Å². The number of aromatic amines is 1. The smallest absolute Gasteiger partial charge is 0.226 e. The van der Waals surface area contributed by atoms with Crippen LogP contribution < -0.4 is 49.1 Å². The number of amides is 7. The molecule has 113 heavy (non-hydrogen) atoms. The Bertz CT molecular complexity index is 3460. The molecule has 0 saturated heterocycles. The zero-order chi connectivity index (χ0) is 85.7. The van der Waals surface area contributed by atoms with Crippen LogP contribution in [0.5, 0.6) is 0 Å². The Morgan fingerprint density at radius 2 is 0.761 bits per heavy atom. The van der Waals surface area contributed by atoms with Crippen LogP contribution in [-0.2, 0) is 71.9 Å². The zero-order valence-corrected chi connectivity index (χ0v) is 68.3. The van der Waals surface area contributed by atoms with E-state index in [1.807, 2.05) is 80.7 Å². The molecular formula is C85H130N10O18. The van der Waals surface area contributed by atoms with Gasteiger partial charge in [-0.25, -0.2) is 0 Å². The number of para-hydroxylation sites is 1. The molecule has 0 radical (unpaired) electrons. The number of rotatable bonds is 46. The number of aliphatic hydroxyl groups excluding tert-OH is 3. The Morgan fingerprint density at radius 3 is 1.11 bits per heavy atom. The van der Waals surface area contributed by atoms with Gasteiger partial charge in [-0.05, 0) is 72.1 Å². The lowest BCUT2D eigenvalue weighted by Crippen LogP contribution is -2.44. The largest absolute Gasteiger partial charge is 0.400 e. The van der Waals surface area contributed by atoms with Gasteiger partial charge in [-0.15, -0.1) is 0 Å². The number of benzene rings is 4. The quantitative estimate of drug-likeness (QED) is 0.0172. The van der Waals surface area contributed by atoms with Gasteiger partial charge in [0.1, 0.15) is 11.6 Å². The van der Waals surface area contributed by atoms with E-state index in [2.05, 4.69) is 132 Å². The number of aryl methyl sites for hydroxylation is 4. The van der Waals surface area contributed by atoms with Crippen LogP contribution in [0.25, 0.3) is 10.9 Å². The maximum absolute atomic E-state index is 13.3. The average molecular weight is 1580 g/mol. The van der Waals surface area contributed by atoms with Crippen molar-refractivity contribution in [2.24, 2.45) is 35.0 Å². The van der Waals surface area contributed by atoms with Crippen LogP contribution >= 0.6 is 0 Å². The van der Waals surface area contributed by atoms with Crippen molar-refractivity contribution < 1.29 is 87.2 Å². The van der Waals surface area contributed by atoms with Gasteiger partial charge in [0.05, 0.1) is 70.4 Å². The number of unbranched alkanes of at least 4 members (excludes halogenated alkanes) is 5. The lowest BCUT2D eigenvalue weighted by molar-refractivity contribution is -0.134. The molecule has 0 aliphatic heterocycles. The maximum atomic E-state index is 13.3. The molecule has 0 fully saturated rings. The Balaban J connectivity index is -0.00000219. The SMILES string of the molecule is CC(N)=O.CCCCCC(NC(=O)CCC(=O)CNC(=O)CCC(=O)CNC(=O)CCC(=O)CNC(=O)CCC(=O)CN)C(=O)CC(CO)C(=O)NCC(=O)CC(CO)C(=O)NCC(=O)CC(CCCC)C(C)=O.CCCCCN.CO.Cc1c[nH]c2ccccc12.Cc1ccccc1.Cc1ccccc1.Cc1ccccc1. The summed E-state index contributed by atoms with van der Waals surface area (Å²) in [5.41, 5.74) is 21.4. The fourth-order valence-corrected chi connectivity index (χ4v) is 9.75. The van der Waals surface area contributed by atoms with E-state index in [4.69, 9.17) is 16.6 Å². The first kappa shape index (κ1) is 107. The zero-order valence-electron chi connectivity index (χ0n) is 68.3. The predicted molar refractivity (Wildman–Crippen MR) is 439 cm³/mol. The molecule has 0 spiro atoms. The van der Waals surface area contributed by atoms with Crippen molar-refractivity contribution in [1.29, 1.82) is 0 Å². The first-order valence-electron chi connectivity index (χ1n) is 38.6. The number of ketones is 8. The maximum Gasteiger partial charge on any atom is 0.226 e. The molecule has 5 aromatic rings. The molecule has 4 unspecified atom stereocenters. The van der Waals surface area contributed by atoms with Gasteiger partial charge in [0.15, 0.2) is 34.7 Å². The van der Waals surface area contributed by atoms with Crippen molar-refractivity contribution in [3.05, 3.63) is 144 Å². The molecule has 0 aliphatic carbocycles. The van der Waals surface area contributed by atoms with E-state index in [1.165, 1.54) is 66.3 Å². The molecule has 1 aromatic heterocycles. The van der Waals surface area contributed by atoms with Crippen molar-refractivity contribution in [3.8, 4) is 0 Å². The lowest BCUT2D eigenvalue weighted by atomic mass is 9.92. The van der Waals surface area contributed by atoms with Crippen molar-refractivity contribution in [3.63, 3.8) is 0 Å². The second kappa shape index (κ2) is 69.8. The summed E-state index contributed by atoms with van der Waals surface area (Å²) in [5, 5.41) is 42.3. The van der Waals surface area contributed by atoms with Crippen LogP contribution in [0.1, 0.15) is 192 Å². The number of carbonyl (C=O) groups excluding carboxylic acids is 15. The molecule has 28 heteroatoms.